The highest BCUT2D eigenvalue weighted by molar-refractivity contribution is 5.99. The Morgan fingerprint density at radius 3 is 2.71 bits per heavy atom. The van der Waals surface area contributed by atoms with Gasteiger partial charge in [0.2, 0.25) is 0 Å². The second-order valence-electron chi connectivity index (χ2n) is 5.06. The van der Waals surface area contributed by atoms with E-state index in [1.807, 2.05) is 7.05 Å². The smallest absolute Gasteiger partial charge is 0.305 e. The van der Waals surface area contributed by atoms with Gasteiger partial charge >= 0.3 is 6.03 Å². The molecule has 1 aromatic carbocycles. The molecule has 0 radical (unpaired) electrons. The van der Waals surface area contributed by atoms with Gasteiger partial charge in [0, 0.05) is 30.8 Å². The first kappa shape index (κ1) is 13.5. The molecule has 110 valence electrons. The first-order chi connectivity index (χ1) is 10.0. The number of benzene rings is 1. The summed E-state index contributed by atoms with van der Waals surface area (Å²) in [5.74, 6) is -0.614. The molecule has 0 spiro atoms. The van der Waals surface area contributed by atoms with Crippen LogP contribution in [0.3, 0.4) is 0 Å². The normalized spacial score (nSPS) is 14.0. The van der Waals surface area contributed by atoms with Gasteiger partial charge < -0.3 is 5.32 Å². The van der Waals surface area contributed by atoms with Crippen LogP contribution in [0.5, 0.6) is 0 Å². The van der Waals surface area contributed by atoms with Crippen LogP contribution in [-0.4, -0.2) is 15.8 Å². The number of aryl methyl sites for hydroxylation is 1. The Morgan fingerprint density at radius 1 is 1.29 bits per heavy atom. The first-order valence-electron chi connectivity index (χ1n) is 6.60. The van der Waals surface area contributed by atoms with Crippen molar-refractivity contribution in [1.29, 1.82) is 0 Å². The van der Waals surface area contributed by atoms with Gasteiger partial charge in [-0.1, -0.05) is 0 Å². The second kappa shape index (κ2) is 5.16. The van der Waals surface area contributed by atoms with E-state index in [-0.39, 0.29) is 5.69 Å². The summed E-state index contributed by atoms with van der Waals surface area (Å²) in [6.45, 7) is 0. The number of anilines is 2. The molecule has 2 N–H and O–H groups in total. The van der Waals surface area contributed by atoms with Crippen molar-refractivity contribution >= 4 is 17.5 Å². The molecular formula is C14H14F2N4O. The van der Waals surface area contributed by atoms with Crippen LogP contribution in [0.25, 0.3) is 0 Å². The van der Waals surface area contributed by atoms with Crippen molar-refractivity contribution in [3.05, 3.63) is 41.6 Å². The third-order valence-corrected chi connectivity index (χ3v) is 3.33. The number of carbonyl (C=O) groups excluding carboxylic acids is 1. The van der Waals surface area contributed by atoms with E-state index in [4.69, 9.17) is 0 Å². The molecule has 1 aromatic heterocycles. The number of hydrogen-bond acceptors (Lipinski definition) is 2. The van der Waals surface area contributed by atoms with Crippen LogP contribution in [0, 0.1) is 11.6 Å². The van der Waals surface area contributed by atoms with E-state index < -0.39 is 17.7 Å². The summed E-state index contributed by atoms with van der Waals surface area (Å²) in [4.78, 5) is 11.8. The summed E-state index contributed by atoms with van der Waals surface area (Å²) < 4.78 is 27.9. The topological polar surface area (TPSA) is 59.0 Å². The Labute approximate surface area is 120 Å². The highest BCUT2D eigenvalue weighted by atomic mass is 19.1. The first-order valence-corrected chi connectivity index (χ1v) is 6.60. The lowest BCUT2D eigenvalue weighted by Gasteiger charge is -2.06. The van der Waals surface area contributed by atoms with Gasteiger partial charge in [-0.3, -0.25) is 10.00 Å². The Bertz CT molecular complexity index is 694. The summed E-state index contributed by atoms with van der Waals surface area (Å²) in [6, 6.07) is 4.13. The quantitative estimate of drug-likeness (QED) is 0.912. The summed E-state index contributed by atoms with van der Waals surface area (Å²) in [5.41, 5.74) is 0.977. The second-order valence-corrected chi connectivity index (χ2v) is 5.06. The number of nitrogens with one attached hydrogen (secondary N) is 2. The standard InChI is InChI=1S/C14H14F2N4O/c1-20-12(8-2-3-8)7-13(19-20)18-14(21)17-11-5-4-9(15)6-10(11)16/h4-8H,2-3H2,1H3,(H2,17,18,19,21). The lowest BCUT2D eigenvalue weighted by atomic mass is 10.3. The van der Waals surface area contributed by atoms with Crippen LogP contribution in [0.2, 0.25) is 0 Å². The van der Waals surface area contributed by atoms with Crippen LogP contribution in [0.15, 0.2) is 24.3 Å². The minimum absolute atomic E-state index is 0.0905. The van der Waals surface area contributed by atoms with Gasteiger partial charge in [0.1, 0.15) is 11.6 Å². The maximum absolute atomic E-state index is 13.4. The summed E-state index contributed by atoms with van der Waals surface area (Å²) in [5, 5.41) is 9.03. The van der Waals surface area contributed by atoms with Crippen molar-refractivity contribution in [3.63, 3.8) is 0 Å². The molecule has 5 nitrogen and oxygen atoms in total. The SMILES string of the molecule is Cn1nc(NC(=O)Nc2ccc(F)cc2F)cc1C1CC1. The van der Waals surface area contributed by atoms with Crippen LogP contribution >= 0.6 is 0 Å². The van der Waals surface area contributed by atoms with Crippen molar-refractivity contribution in [1.82, 2.24) is 9.78 Å². The van der Waals surface area contributed by atoms with Crippen LogP contribution in [-0.2, 0) is 7.05 Å². The molecule has 0 atom stereocenters. The Balaban J connectivity index is 1.67. The number of urea groups is 1. The molecule has 1 saturated carbocycles. The average Bonchev–Trinajstić information content (AvgIpc) is 3.18. The fourth-order valence-corrected chi connectivity index (χ4v) is 2.16. The number of halogens is 2. The van der Waals surface area contributed by atoms with Gasteiger partial charge in [0.25, 0.3) is 0 Å². The monoisotopic (exact) mass is 292 g/mol. The maximum atomic E-state index is 13.4. The molecular weight excluding hydrogens is 278 g/mol. The highest BCUT2D eigenvalue weighted by Crippen LogP contribution is 2.40. The van der Waals surface area contributed by atoms with Gasteiger partial charge in [-0.25, -0.2) is 13.6 Å². The fourth-order valence-electron chi connectivity index (χ4n) is 2.16. The van der Waals surface area contributed by atoms with Gasteiger partial charge in [-0.2, -0.15) is 5.10 Å². The van der Waals surface area contributed by atoms with Crippen molar-refractivity contribution in [3.8, 4) is 0 Å². The third-order valence-electron chi connectivity index (χ3n) is 3.33. The van der Waals surface area contributed by atoms with E-state index >= 15 is 0 Å². The van der Waals surface area contributed by atoms with Crippen molar-refractivity contribution < 1.29 is 13.6 Å². The number of amides is 2. The number of carbonyl (C=O) groups is 1. The number of hydrogen-bond donors (Lipinski definition) is 2. The van der Waals surface area contributed by atoms with Crippen LogP contribution < -0.4 is 10.6 Å². The van der Waals surface area contributed by atoms with E-state index in [0.29, 0.717) is 17.8 Å². The lowest BCUT2D eigenvalue weighted by Crippen LogP contribution is -2.20. The summed E-state index contributed by atoms with van der Waals surface area (Å²) >= 11 is 0. The molecule has 0 bridgehead atoms. The Hall–Kier alpha value is -2.44. The van der Waals surface area contributed by atoms with Gasteiger partial charge in [0.15, 0.2) is 5.82 Å². The molecule has 0 unspecified atom stereocenters. The molecule has 1 aliphatic carbocycles. The molecule has 2 aromatic rings. The van der Waals surface area contributed by atoms with Crippen molar-refractivity contribution in [2.24, 2.45) is 7.05 Å². The average molecular weight is 292 g/mol. The van der Waals surface area contributed by atoms with Gasteiger partial charge in [0.05, 0.1) is 5.69 Å². The zero-order valence-electron chi connectivity index (χ0n) is 11.4. The zero-order valence-corrected chi connectivity index (χ0v) is 11.4. The van der Waals surface area contributed by atoms with E-state index in [0.717, 1.165) is 30.7 Å². The molecule has 21 heavy (non-hydrogen) atoms. The molecule has 2 amide bonds. The largest absolute Gasteiger partial charge is 0.324 e. The molecule has 0 saturated heterocycles. The molecule has 7 heteroatoms. The van der Waals surface area contributed by atoms with Crippen LogP contribution in [0.4, 0.5) is 25.1 Å². The van der Waals surface area contributed by atoms with Crippen molar-refractivity contribution in [2.45, 2.75) is 18.8 Å². The van der Waals surface area contributed by atoms with Gasteiger partial charge in [-0.05, 0) is 25.0 Å². The summed E-state index contributed by atoms with van der Waals surface area (Å²) in [7, 11) is 1.82. The Morgan fingerprint density at radius 2 is 2.05 bits per heavy atom. The van der Waals surface area contributed by atoms with Crippen molar-refractivity contribution in [2.75, 3.05) is 10.6 Å². The van der Waals surface area contributed by atoms with Crippen LogP contribution in [0.1, 0.15) is 24.5 Å². The molecule has 1 aliphatic rings. The number of aromatic nitrogens is 2. The van der Waals surface area contributed by atoms with E-state index in [1.54, 1.807) is 10.7 Å². The predicted molar refractivity (Wildman–Crippen MR) is 74.2 cm³/mol. The number of nitrogens with zero attached hydrogens (tertiary/aromatic N) is 2. The van der Waals surface area contributed by atoms with Gasteiger partial charge in [-0.15, -0.1) is 0 Å². The molecule has 1 fully saturated rings. The predicted octanol–water partition coefficient (Wildman–Crippen LogP) is 3.22. The summed E-state index contributed by atoms with van der Waals surface area (Å²) in [6.07, 6.45) is 2.26. The third kappa shape index (κ3) is 3.01. The lowest BCUT2D eigenvalue weighted by molar-refractivity contribution is 0.262. The van der Waals surface area contributed by atoms with E-state index in [9.17, 15) is 13.6 Å². The maximum Gasteiger partial charge on any atom is 0.324 e. The minimum atomic E-state index is -0.829. The highest BCUT2D eigenvalue weighted by Gasteiger charge is 2.27. The molecule has 1 heterocycles. The van der Waals surface area contributed by atoms with E-state index in [1.165, 1.54) is 0 Å². The molecule has 0 aliphatic heterocycles. The fraction of sp³-hybridized carbons (Fsp3) is 0.286. The minimum Gasteiger partial charge on any atom is -0.305 e. The Kier molecular flexibility index (Phi) is 3.32. The zero-order chi connectivity index (χ0) is 15.0. The van der Waals surface area contributed by atoms with E-state index in [2.05, 4.69) is 15.7 Å². The molecule has 3 rings (SSSR count). The number of rotatable bonds is 3.